The molecule has 0 saturated carbocycles. The van der Waals surface area contributed by atoms with Crippen molar-refractivity contribution in [1.82, 2.24) is 0 Å². The van der Waals surface area contributed by atoms with Crippen molar-refractivity contribution in [2.24, 2.45) is 0 Å². The van der Waals surface area contributed by atoms with Gasteiger partial charge < -0.3 is 0 Å². The highest BCUT2D eigenvalue weighted by atomic mass is 35.5. The number of fused-ring (bicyclic) bond motifs is 1. The van der Waals surface area contributed by atoms with E-state index in [-0.39, 0.29) is 0 Å². The maximum Gasteiger partial charge on any atom is 0.175 e. The molecule has 0 spiro atoms. The lowest BCUT2D eigenvalue weighted by molar-refractivity contribution is 0.602. The molecule has 0 fully saturated rings. The Kier molecular flexibility index (Phi) is 4.74. The molecular formula is C24H19ClO2S. The fourth-order valence-electron chi connectivity index (χ4n) is 3.46. The van der Waals surface area contributed by atoms with Gasteiger partial charge in [0.05, 0.1) is 4.90 Å². The van der Waals surface area contributed by atoms with Crippen LogP contribution in [0.2, 0.25) is 5.02 Å². The lowest BCUT2D eigenvalue weighted by Gasteiger charge is -2.10. The number of halogens is 1. The second kappa shape index (κ2) is 7.08. The summed E-state index contributed by atoms with van der Waals surface area (Å²) in [6.07, 6.45) is 1.22. The average molecular weight is 407 g/mol. The standard InChI is InChI=1S/C24H19ClO2S/c1-16-8-9-19(15-23(16)25)24-21-7-5-3-4-6-18(21)14-22(24)17-10-12-20(13-11-17)28(2,26)27/h3-15H,1-2H3. The monoisotopic (exact) mass is 406 g/mol. The van der Waals surface area contributed by atoms with Crippen molar-refractivity contribution in [3.63, 3.8) is 0 Å². The van der Waals surface area contributed by atoms with Gasteiger partial charge in [-0.25, -0.2) is 8.42 Å². The van der Waals surface area contributed by atoms with Crippen molar-refractivity contribution >= 4 is 21.4 Å². The second-order valence-electron chi connectivity index (χ2n) is 6.97. The lowest BCUT2D eigenvalue weighted by Crippen LogP contribution is -1.96. The molecule has 0 heterocycles. The number of sulfone groups is 1. The number of benzene rings is 2. The van der Waals surface area contributed by atoms with E-state index in [9.17, 15) is 8.42 Å². The summed E-state index contributed by atoms with van der Waals surface area (Å²) in [5.74, 6) is 0. The fraction of sp³-hybridized carbons (Fsp3) is 0.0833. The van der Waals surface area contributed by atoms with Gasteiger partial charge in [-0.1, -0.05) is 66.2 Å². The second-order valence-corrected chi connectivity index (χ2v) is 9.40. The number of aryl methyl sites for hydroxylation is 1. The molecular weight excluding hydrogens is 388 g/mol. The highest BCUT2D eigenvalue weighted by molar-refractivity contribution is 7.90. The summed E-state index contributed by atoms with van der Waals surface area (Å²) < 4.78 is 23.6. The van der Waals surface area contributed by atoms with Gasteiger partial charge in [-0.05, 0) is 70.1 Å². The molecule has 2 nitrogen and oxygen atoms in total. The summed E-state index contributed by atoms with van der Waals surface area (Å²) in [7, 11) is -3.23. The van der Waals surface area contributed by atoms with Gasteiger partial charge in [0.15, 0.2) is 9.84 Å². The molecule has 0 atom stereocenters. The van der Waals surface area contributed by atoms with Gasteiger partial charge in [-0.3, -0.25) is 0 Å². The summed E-state index contributed by atoms with van der Waals surface area (Å²) in [5, 5.41) is 0.727. The third-order valence-electron chi connectivity index (χ3n) is 4.96. The van der Waals surface area contributed by atoms with Crippen LogP contribution in [0.4, 0.5) is 0 Å². The Bertz CT molecular complexity index is 1240. The average Bonchev–Trinajstić information content (AvgIpc) is 2.86. The number of hydrogen-bond donors (Lipinski definition) is 0. The maximum absolute atomic E-state index is 11.8. The molecule has 4 heteroatoms. The molecule has 0 saturated heterocycles. The zero-order valence-corrected chi connectivity index (χ0v) is 17.2. The van der Waals surface area contributed by atoms with Crippen LogP contribution in [-0.2, 0) is 9.84 Å². The SMILES string of the molecule is Cc1ccc(-c2c3cccccc-3cc2-c2ccc(S(C)(=O)=O)cc2)cc1Cl. The van der Waals surface area contributed by atoms with Gasteiger partial charge >= 0.3 is 0 Å². The van der Waals surface area contributed by atoms with Crippen LogP contribution in [0, 0.1) is 6.92 Å². The van der Waals surface area contributed by atoms with Crippen LogP contribution in [0.3, 0.4) is 0 Å². The van der Waals surface area contributed by atoms with Crippen molar-refractivity contribution in [2.75, 3.05) is 6.26 Å². The first kappa shape index (κ1) is 18.7. The van der Waals surface area contributed by atoms with E-state index in [1.165, 1.54) is 6.26 Å². The third kappa shape index (κ3) is 3.44. The van der Waals surface area contributed by atoms with E-state index in [0.29, 0.717) is 4.90 Å². The molecule has 0 unspecified atom stereocenters. The molecule has 0 radical (unpaired) electrons. The minimum atomic E-state index is -3.23. The van der Waals surface area contributed by atoms with Crippen LogP contribution in [0.5, 0.6) is 0 Å². The minimum absolute atomic E-state index is 0.318. The Hall–Kier alpha value is -2.62. The van der Waals surface area contributed by atoms with E-state index in [1.807, 2.05) is 49.4 Å². The first-order valence-electron chi connectivity index (χ1n) is 8.93. The van der Waals surface area contributed by atoms with E-state index in [2.05, 4.69) is 24.3 Å². The van der Waals surface area contributed by atoms with Gasteiger partial charge in [-0.15, -0.1) is 0 Å². The Morgan fingerprint density at radius 1 is 0.714 bits per heavy atom. The topological polar surface area (TPSA) is 34.1 Å². The maximum atomic E-state index is 11.8. The fourth-order valence-corrected chi connectivity index (χ4v) is 4.27. The van der Waals surface area contributed by atoms with Crippen LogP contribution in [0.15, 0.2) is 83.8 Å². The quantitative estimate of drug-likeness (QED) is 0.389. The molecule has 0 bridgehead atoms. The zero-order valence-electron chi connectivity index (χ0n) is 15.6. The molecule has 140 valence electrons. The predicted octanol–water partition coefficient (Wildman–Crippen LogP) is 6.49. The zero-order chi connectivity index (χ0) is 19.9. The van der Waals surface area contributed by atoms with E-state index >= 15 is 0 Å². The van der Waals surface area contributed by atoms with Crippen molar-refractivity contribution in [2.45, 2.75) is 11.8 Å². The highest BCUT2D eigenvalue weighted by Crippen LogP contribution is 2.44. The van der Waals surface area contributed by atoms with E-state index in [4.69, 9.17) is 11.6 Å². The van der Waals surface area contributed by atoms with E-state index in [0.717, 1.165) is 44.0 Å². The van der Waals surface area contributed by atoms with Gasteiger partial charge in [0.2, 0.25) is 0 Å². The first-order valence-corrected chi connectivity index (χ1v) is 11.2. The lowest BCUT2D eigenvalue weighted by atomic mass is 9.96. The minimum Gasteiger partial charge on any atom is -0.224 e. The Labute approximate surface area is 170 Å². The Morgan fingerprint density at radius 3 is 2.07 bits per heavy atom. The normalized spacial score (nSPS) is 11.7. The first-order chi connectivity index (χ1) is 13.3. The van der Waals surface area contributed by atoms with Crippen molar-refractivity contribution < 1.29 is 8.42 Å². The summed E-state index contributed by atoms with van der Waals surface area (Å²) >= 11 is 6.41. The Morgan fingerprint density at radius 2 is 1.39 bits per heavy atom. The molecule has 2 aromatic carbocycles. The van der Waals surface area contributed by atoms with Crippen LogP contribution in [0.1, 0.15) is 5.56 Å². The van der Waals surface area contributed by atoms with Gasteiger partial charge in [0.25, 0.3) is 0 Å². The summed E-state index contributed by atoms with van der Waals surface area (Å²) in [6, 6.07) is 25.5. The highest BCUT2D eigenvalue weighted by Gasteiger charge is 2.19. The summed E-state index contributed by atoms with van der Waals surface area (Å²) in [6.45, 7) is 1.99. The van der Waals surface area contributed by atoms with Crippen LogP contribution < -0.4 is 0 Å². The third-order valence-corrected chi connectivity index (χ3v) is 6.50. The molecule has 2 aliphatic rings. The predicted molar refractivity (Wildman–Crippen MR) is 117 cm³/mol. The molecule has 28 heavy (non-hydrogen) atoms. The van der Waals surface area contributed by atoms with Crippen LogP contribution in [-0.4, -0.2) is 14.7 Å². The largest absolute Gasteiger partial charge is 0.224 e. The molecule has 0 amide bonds. The summed E-state index contributed by atoms with van der Waals surface area (Å²) in [4.78, 5) is 0.318. The Balaban J connectivity index is 1.98. The molecule has 0 aliphatic heterocycles. The number of rotatable bonds is 3. The smallest absolute Gasteiger partial charge is 0.175 e. The molecule has 0 N–H and O–H groups in total. The van der Waals surface area contributed by atoms with Crippen molar-refractivity contribution in [1.29, 1.82) is 0 Å². The van der Waals surface area contributed by atoms with Crippen LogP contribution in [0.25, 0.3) is 33.4 Å². The van der Waals surface area contributed by atoms with E-state index < -0.39 is 9.84 Å². The molecule has 0 aromatic heterocycles. The van der Waals surface area contributed by atoms with Crippen LogP contribution >= 0.6 is 11.6 Å². The molecule has 2 aliphatic carbocycles. The number of hydrogen-bond acceptors (Lipinski definition) is 2. The van der Waals surface area contributed by atoms with Gasteiger partial charge in [-0.2, -0.15) is 0 Å². The van der Waals surface area contributed by atoms with Crippen molar-refractivity contribution in [3.05, 3.63) is 89.4 Å². The molecule has 4 rings (SSSR count). The van der Waals surface area contributed by atoms with Crippen molar-refractivity contribution in [3.8, 4) is 33.4 Å². The van der Waals surface area contributed by atoms with Gasteiger partial charge in [0, 0.05) is 11.3 Å². The van der Waals surface area contributed by atoms with Gasteiger partial charge in [0.1, 0.15) is 0 Å². The summed E-state index contributed by atoms with van der Waals surface area (Å²) in [5.41, 5.74) is 7.45. The molecule has 2 aromatic rings. The van der Waals surface area contributed by atoms with E-state index in [1.54, 1.807) is 12.1 Å².